The molecule has 1 aliphatic heterocycles. The summed E-state index contributed by atoms with van der Waals surface area (Å²) in [7, 11) is 0. The summed E-state index contributed by atoms with van der Waals surface area (Å²) in [6.45, 7) is 0. The van der Waals surface area contributed by atoms with Crippen LogP contribution < -0.4 is 5.32 Å². The number of aliphatic imine (C=N–C) groups is 2. The molecule has 246 valence electrons. The van der Waals surface area contributed by atoms with Crippen LogP contribution in [0.3, 0.4) is 0 Å². The van der Waals surface area contributed by atoms with Crippen LogP contribution in [0.15, 0.2) is 192 Å². The van der Waals surface area contributed by atoms with Gasteiger partial charge in [-0.2, -0.15) is 0 Å². The van der Waals surface area contributed by atoms with Gasteiger partial charge in [0.2, 0.25) is 0 Å². The number of benzene rings is 8. The minimum atomic E-state index is -0.269. The van der Waals surface area contributed by atoms with Crippen LogP contribution in [0.25, 0.3) is 54.2 Å². The Balaban J connectivity index is 1.25. The van der Waals surface area contributed by atoms with Crippen LogP contribution in [-0.2, 0) is 0 Å². The summed E-state index contributed by atoms with van der Waals surface area (Å²) < 4.78 is 0. The fraction of sp³-hybridized carbons (Fsp3) is 0.0612. The molecular formula is C49H35N3. The molecule has 8 aromatic rings. The van der Waals surface area contributed by atoms with Gasteiger partial charge in [-0.15, -0.1) is 0 Å². The Morgan fingerprint density at radius 1 is 0.481 bits per heavy atom. The molecule has 0 spiro atoms. The van der Waals surface area contributed by atoms with Crippen LogP contribution in [0.4, 0.5) is 0 Å². The predicted molar refractivity (Wildman–Crippen MR) is 219 cm³/mol. The number of hydrogen-bond acceptors (Lipinski definition) is 3. The van der Waals surface area contributed by atoms with Gasteiger partial charge in [-0.1, -0.05) is 164 Å². The van der Waals surface area contributed by atoms with Crippen LogP contribution in [0, 0.1) is 0 Å². The van der Waals surface area contributed by atoms with Gasteiger partial charge in [-0.25, -0.2) is 9.98 Å². The van der Waals surface area contributed by atoms with Crippen LogP contribution in [0.5, 0.6) is 0 Å². The quantitative estimate of drug-likeness (QED) is 0.183. The monoisotopic (exact) mass is 665 g/mol. The van der Waals surface area contributed by atoms with Crippen LogP contribution in [-0.4, -0.2) is 11.7 Å². The zero-order valence-electron chi connectivity index (χ0n) is 28.6. The maximum absolute atomic E-state index is 5.29. The smallest absolute Gasteiger partial charge is 0.159 e. The third-order valence-electron chi connectivity index (χ3n) is 10.6. The zero-order valence-corrected chi connectivity index (χ0v) is 28.6. The second-order valence-corrected chi connectivity index (χ2v) is 13.7. The van der Waals surface area contributed by atoms with Gasteiger partial charge in [0.15, 0.2) is 5.84 Å². The molecule has 52 heavy (non-hydrogen) atoms. The standard InChI is InChI=1S/C49H35N3/c1-4-16-32(17-5-1)35-28-36(30-37(29-35)49-51-47(33-18-6-2-7-19-33)50-48(52-49)34-20-8-3-9-21-34)44-31-45-40-24-11-10-22-38(40)39-23-12-14-26-42(39)46(45)43-27-15-13-25-41(43)44/h1-16,18-32,47H,17H2,(H,50,51,52). The lowest BCUT2D eigenvalue weighted by atomic mass is 9.85. The van der Waals surface area contributed by atoms with E-state index in [0.29, 0.717) is 0 Å². The maximum Gasteiger partial charge on any atom is 0.159 e. The summed E-state index contributed by atoms with van der Waals surface area (Å²) in [5.74, 6) is 1.80. The summed E-state index contributed by atoms with van der Waals surface area (Å²) in [5, 5.41) is 13.8. The Labute approximate surface area is 303 Å². The average Bonchev–Trinajstić information content (AvgIpc) is 3.24. The third kappa shape index (κ3) is 5.21. The molecule has 0 radical (unpaired) electrons. The van der Waals surface area contributed by atoms with E-state index in [2.05, 4.69) is 175 Å². The number of fused-ring (bicyclic) bond motifs is 8. The van der Waals surface area contributed by atoms with Gasteiger partial charge in [-0.05, 0) is 90.0 Å². The lowest BCUT2D eigenvalue weighted by Gasteiger charge is -2.24. The van der Waals surface area contributed by atoms with E-state index in [-0.39, 0.29) is 12.1 Å². The highest BCUT2D eigenvalue weighted by Gasteiger charge is 2.23. The molecule has 0 aromatic heterocycles. The Morgan fingerprint density at radius 2 is 1.08 bits per heavy atom. The van der Waals surface area contributed by atoms with Crippen molar-refractivity contribution in [2.45, 2.75) is 18.5 Å². The first-order valence-electron chi connectivity index (χ1n) is 18.1. The molecule has 3 nitrogen and oxygen atoms in total. The lowest BCUT2D eigenvalue weighted by molar-refractivity contribution is 0.674. The Kier molecular flexibility index (Phi) is 7.35. The fourth-order valence-electron chi connectivity index (χ4n) is 8.11. The van der Waals surface area contributed by atoms with Gasteiger partial charge in [0.25, 0.3) is 0 Å². The van der Waals surface area contributed by atoms with Crippen LogP contribution in [0.2, 0.25) is 0 Å². The van der Waals surface area contributed by atoms with E-state index >= 15 is 0 Å². The van der Waals surface area contributed by atoms with E-state index in [1.165, 1.54) is 59.8 Å². The van der Waals surface area contributed by atoms with Crippen LogP contribution >= 0.6 is 0 Å². The molecule has 0 amide bonds. The highest BCUT2D eigenvalue weighted by Crippen LogP contribution is 2.43. The molecule has 0 fully saturated rings. The van der Waals surface area contributed by atoms with E-state index in [4.69, 9.17) is 9.98 Å². The molecule has 1 aliphatic carbocycles. The van der Waals surface area contributed by atoms with E-state index in [1.54, 1.807) is 0 Å². The van der Waals surface area contributed by atoms with Gasteiger partial charge >= 0.3 is 0 Å². The molecule has 0 saturated heterocycles. The summed E-state index contributed by atoms with van der Waals surface area (Å²) in [6.07, 6.45) is 9.58. The normalized spacial score (nSPS) is 17.0. The summed E-state index contributed by atoms with van der Waals surface area (Å²) in [6, 6.07) is 56.8. The highest BCUT2D eigenvalue weighted by molar-refractivity contribution is 6.33. The molecule has 1 N–H and O–H groups in total. The number of rotatable bonds is 5. The van der Waals surface area contributed by atoms with Crippen molar-refractivity contribution >= 4 is 54.8 Å². The second-order valence-electron chi connectivity index (χ2n) is 13.7. The van der Waals surface area contributed by atoms with Gasteiger partial charge in [0.1, 0.15) is 12.0 Å². The van der Waals surface area contributed by atoms with Crippen molar-refractivity contribution in [3.63, 3.8) is 0 Å². The topological polar surface area (TPSA) is 36.8 Å². The van der Waals surface area contributed by atoms with E-state index in [0.717, 1.165) is 34.8 Å². The minimum Gasteiger partial charge on any atom is -0.344 e. The average molecular weight is 666 g/mol. The van der Waals surface area contributed by atoms with Gasteiger partial charge < -0.3 is 5.32 Å². The number of nitrogens with zero attached hydrogens (tertiary/aromatic N) is 2. The first-order valence-corrected chi connectivity index (χ1v) is 18.1. The minimum absolute atomic E-state index is 0.255. The second kappa shape index (κ2) is 12.6. The van der Waals surface area contributed by atoms with Crippen molar-refractivity contribution in [1.82, 2.24) is 5.32 Å². The van der Waals surface area contributed by atoms with E-state index in [9.17, 15) is 0 Å². The van der Waals surface area contributed by atoms with Gasteiger partial charge in [-0.3, -0.25) is 0 Å². The van der Waals surface area contributed by atoms with Crippen molar-refractivity contribution in [3.05, 3.63) is 204 Å². The molecular weight excluding hydrogens is 631 g/mol. The largest absolute Gasteiger partial charge is 0.344 e. The summed E-state index contributed by atoms with van der Waals surface area (Å²) in [5.41, 5.74) is 6.78. The third-order valence-corrected chi connectivity index (χ3v) is 10.6. The van der Waals surface area contributed by atoms with Crippen molar-refractivity contribution < 1.29 is 0 Å². The Hall–Kier alpha value is -6.58. The molecule has 0 saturated carbocycles. The maximum atomic E-state index is 5.29. The molecule has 2 atom stereocenters. The fourth-order valence-corrected chi connectivity index (χ4v) is 8.11. The molecule has 2 aliphatic rings. The van der Waals surface area contributed by atoms with E-state index < -0.39 is 0 Å². The van der Waals surface area contributed by atoms with Crippen molar-refractivity contribution in [1.29, 1.82) is 0 Å². The van der Waals surface area contributed by atoms with Crippen LogP contribution in [0.1, 0.15) is 40.8 Å². The van der Waals surface area contributed by atoms with E-state index in [1.807, 2.05) is 12.1 Å². The zero-order chi connectivity index (χ0) is 34.4. The number of allylic oxidation sites excluding steroid dienone is 4. The van der Waals surface area contributed by atoms with Gasteiger partial charge in [0, 0.05) is 17.0 Å². The van der Waals surface area contributed by atoms with Gasteiger partial charge in [0.05, 0.1) is 0 Å². The Morgan fingerprint density at radius 3 is 1.79 bits per heavy atom. The first-order chi connectivity index (χ1) is 25.8. The molecule has 8 aromatic carbocycles. The van der Waals surface area contributed by atoms with Crippen molar-refractivity contribution in [3.8, 4) is 11.1 Å². The SMILES string of the molecule is C1=CCC(c2cc(C3=NC(c4ccccc4)NC(c4ccccc4)=N3)cc(-c3cc4c5ccccc5c5ccccc5c4c4ccccc34)c2)C=C1. The number of amidine groups is 2. The van der Waals surface area contributed by atoms with Crippen molar-refractivity contribution in [2.75, 3.05) is 0 Å². The molecule has 0 bridgehead atoms. The molecule has 3 heteroatoms. The summed E-state index contributed by atoms with van der Waals surface area (Å²) in [4.78, 5) is 10.5. The highest BCUT2D eigenvalue weighted by atomic mass is 15.2. The molecule has 2 unspecified atom stereocenters. The lowest BCUT2D eigenvalue weighted by Crippen LogP contribution is -2.33. The first kappa shape index (κ1) is 30.3. The van der Waals surface area contributed by atoms with Crippen molar-refractivity contribution in [2.24, 2.45) is 9.98 Å². The molecule has 1 heterocycles. The predicted octanol–water partition coefficient (Wildman–Crippen LogP) is 12.1. The number of hydrogen-bond donors (Lipinski definition) is 1. The summed E-state index contributed by atoms with van der Waals surface area (Å²) >= 11 is 0. The Bertz CT molecular complexity index is 2790. The molecule has 10 rings (SSSR count). The number of nitrogens with one attached hydrogen (secondary N) is 1.